The molecule has 1 aromatic rings. The van der Waals surface area contributed by atoms with Crippen molar-refractivity contribution >= 4 is 17.6 Å². The fourth-order valence-corrected chi connectivity index (χ4v) is 1.95. The van der Waals surface area contributed by atoms with E-state index in [9.17, 15) is 9.59 Å². The van der Waals surface area contributed by atoms with Gasteiger partial charge in [0.15, 0.2) is 0 Å². The third kappa shape index (κ3) is 3.30. The smallest absolute Gasteiger partial charge is 0.307 e. The molecule has 1 saturated heterocycles. The molecule has 1 aliphatic heterocycles. The van der Waals surface area contributed by atoms with E-state index in [4.69, 9.17) is 15.6 Å². The normalized spacial score (nSPS) is 22.2. The van der Waals surface area contributed by atoms with Gasteiger partial charge in [0, 0.05) is 12.3 Å². The second kappa shape index (κ2) is 5.38. The molecule has 6 heteroatoms. The summed E-state index contributed by atoms with van der Waals surface area (Å²) >= 11 is 0. The number of carbonyl (C=O) groups excluding carboxylic acids is 1. The monoisotopic (exact) mass is 264 g/mol. The van der Waals surface area contributed by atoms with E-state index in [2.05, 4.69) is 5.32 Å². The van der Waals surface area contributed by atoms with Crippen LogP contribution >= 0.6 is 0 Å². The fraction of sp³-hybridized carbons (Fsp3) is 0.385. The Bertz CT molecular complexity index is 495. The quantitative estimate of drug-likeness (QED) is 0.729. The lowest BCUT2D eigenvalue weighted by Gasteiger charge is -2.20. The van der Waals surface area contributed by atoms with Gasteiger partial charge >= 0.3 is 5.97 Å². The highest BCUT2D eigenvalue weighted by Crippen LogP contribution is 2.19. The summed E-state index contributed by atoms with van der Waals surface area (Å²) in [6.45, 7) is 0.677. The first-order valence-corrected chi connectivity index (χ1v) is 5.98. The lowest BCUT2D eigenvalue weighted by atomic mass is 9.99. The summed E-state index contributed by atoms with van der Waals surface area (Å²) in [6, 6.07) is 6.72. The Balaban J connectivity index is 2.06. The molecule has 2 rings (SSSR count). The molecule has 1 atom stereocenters. The van der Waals surface area contributed by atoms with Crippen LogP contribution < -0.4 is 11.1 Å². The maximum absolute atomic E-state index is 12.0. The summed E-state index contributed by atoms with van der Waals surface area (Å²) in [6.07, 6.45) is 0.397. The van der Waals surface area contributed by atoms with Crippen molar-refractivity contribution in [3.8, 4) is 0 Å². The first kappa shape index (κ1) is 13.5. The first-order chi connectivity index (χ1) is 8.99. The lowest BCUT2D eigenvalue weighted by molar-refractivity contribution is -0.136. The van der Waals surface area contributed by atoms with Crippen molar-refractivity contribution in [2.75, 3.05) is 18.5 Å². The highest BCUT2D eigenvalue weighted by molar-refractivity contribution is 5.98. The number of amides is 1. The van der Waals surface area contributed by atoms with Gasteiger partial charge in [-0.25, -0.2) is 0 Å². The zero-order chi connectivity index (χ0) is 13.9. The van der Waals surface area contributed by atoms with Crippen LogP contribution in [0.2, 0.25) is 0 Å². The Morgan fingerprint density at radius 1 is 1.47 bits per heavy atom. The zero-order valence-corrected chi connectivity index (χ0v) is 10.4. The summed E-state index contributed by atoms with van der Waals surface area (Å²) < 4.78 is 5.13. The largest absolute Gasteiger partial charge is 0.481 e. The van der Waals surface area contributed by atoms with Gasteiger partial charge in [-0.05, 0) is 24.1 Å². The van der Waals surface area contributed by atoms with Crippen molar-refractivity contribution in [2.24, 2.45) is 5.73 Å². The third-order valence-electron chi connectivity index (χ3n) is 3.04. The number of rotatable bonds is 4. The number of nitrogens with two attached hydrogens (primary N) is 1. The van der Waals surface area contributed by atoms with Gasteiger partial charge in [0.25, 0.3) is 0 Å². The second-order valence-corrected chi connectivity index (χ2v) is 4.68. The molecule has 0 radical (unpaired) electrons. The van der Waals surface area contributed by atoms with E-state index in [0.717, 1.165) is 0 Å². The number of carboxylic acids is 1. The number of hydrogen-bond acceptors (Lipinski definition) is 4. The minimum atomic E-state index is -0.997. The average Bonchev–Trinajstić information content (AvgIpc) is 2.77. The van der Waals surface area contributed by atoms with Crippen molar-refractivity contribution in [2.45, 2.75) is 18.4 Å². The van der Waals surface area contributed by atoms with Crippen molar-refractivity contribution < 1.29 is 19.4 Å². The van der Waals surface area contributed by atoms with E-state index in [1.165, 1.54) is 0 Å². The summed E-state index contributed by atoms with van der Waals surface area (Å²) in [5.74, 6) is -1.22. The molecule has 1 amide bonds. The average molecular weight is 264 g/mol. The van der Waals surface area contributed by atoms with E-state index in [1.807, 2.05) is 0 Å². The number of aliphatic carboxylic acids is 1. The molecule has 6 nitrogen and oxygen atoms in total. The summed E-state index contributed by atoms with van der Waals surface area (Å²) in [5.41, 5.74) is 6.11. The molecule has 1 heterocycles. The first-order valence-electron chi connectivity index (χ1n) is 5.98. The zero-order valence-electron chi connectivity index (χ0n) is 10.4. The minimum Gasteiger partial charge on any atom is -0.481 e. The molecule has 1 unspecified atom stereocenters. The van der Waals surface area contributed by atoms with E-state index >= 15 is 0 Å². The van der Waals surface area contributed by atoms with E-state index in [-0.39, 0.29) is 18.9 Å². The van der Waals surface area contributed by atoms with Crippen LogP contribution in [0.4, 0.5) is 5.69 Å². The molecular weight excluding hydrogens is 248 g/mol. The lowest BCUT2D eigenvalue weighted by Crippen LogP contribution is -2.51. The van der Waals surface area contributed by atoms with Gasteiger partial charge in [-0.3, -0.25) is 9.59 Å². The van der Waals surface area contributed by atoms with E-state index < -0.39 is 11.5 Å². The van der Waals surface area contributed by atoms with Gasteiger partial charge in [0.05, 0.1) is 13.0 Å². The van der Waals surface area contributed by atoms with Crippen molar-refractivity contribution in [3.63, 3.8) is 0 Å². The molecule has 0 spiro atoms. The minimum absolute atomic E-state index is 0.0827. The Hall–Kier alpha value is -1.92. The fourth-order valence-electron chi connectivity index (χ4n) is 1.95. The summed E-state index contributed by atoms with van der Waals surface area (Å²) in [5, 5.41) is 11.4. The molecular formula is C13H16N2O4. The van der Waals surface area contributed by atoms with Crippen molar-refractivity contribution in [1.82, 2.24) is 0 Å². The van der Waals surface area contributed by atoms with Crippen LogP contribution in [0.25, 0.3) is 0 Å². The highest BCUT2D eigenvalue weighted by atomic mass is 16.5. The van der Waals surface area contributed by atoms with Gasteiger partial charge in [-0.2, -0.15) is 0 Å². The molecule has 19 heavy (non-hydrogen) atoms. The predicted octanol–water partition coefficient (Wildman–Crippen LogP) is 0.370. The molecule has 4 N–H and O–H groups in total. The molecule has 102 valence electrons. The Morgan fingerprint density at radius 2 is 2.26 bits per heavy atom. The maximum atomic E-state index is 12.0. The number of hydrogen-bond donors (Lipinski definition) is 3. The summed E-state index contributed by atoms with van der Waals surface area (Å²) in [7, 11) is 0. The highest BCUT2D eigenvalue weighted by Gasteiger charge is 2.38. The Kier molecular flexibility index (Phi) is 3.82. The standard InChI is InChI=1S/C13H16N2O4/c14-13(4-5-19-8-13)12(18)15-10-3-1-2-9(6-10)7-11(16)17/h1-3,6H,4-5,7-8,14H2,(H,15,18)(H,16,17). The number of ether oxygens (including phenoxy) is 1. The topological polar surface area (TPSA) is 102 Å². The molecule has 0 bridgehead atoms. The van der Waals surface area contributed by atoms with Crippen LogP contribution in [0.3, 0.4) is 0 Å². The Labute approximate surface area is 110 Å². The van der Waals surface area contributed by atoms with Crippen molar-refractivity contribution in [3.05, 3.63) is 29.8 Å². The molecule has 1 fully saturated rings. The van der Waals surface area contributed by atoms with Crippen LogP contribution in [0.15, 0.2) is 24.3 Å². The van der Waals surface area contributed by atoms with Gasteiger partial charge in [0.2, 0.25) is 5.91 Å². The van der Waals surface area contributed by atoms with E-state index in [1.54, 1.807) is 24.3 Å². The molecule has 1 aromatic carbocycles. The van der Waals surface area contributed by atoms with Gasteiger partial charge < -0.3 is 20.9 Å². The molecule has 0 aromatic heterocycles. The number of benzene rings is 1. The molecule has 0 aliphatic carbocycles. The number of nitrogens with one attached hydrogen (secondary N) is 1. The second-order valence-electron chi connectivity index (χ2n) is 4.68. The molecule has 0 saturated carbocycles. The predicted molar refractivity (Wildman–Crippen MR) is 68.8 cm³/mol. The Morgan fingerprint density at radius 3 is 2.89 bits per heavy atom. The van der Waals surface area contributed by atoms with Crippen LogP contribution in [-0.4, -0.2) is 35.7 Å². The van der Waals surface area contributed by atoms with Crippen LogP contribution in [-0.2, 0) is 20.7 Å². The van der Waals surface area contributed by atoms with Crippen LogP contribution in [0.1, 0.15) is 12.0 Å². The number of carboxylic acid groups (broad SMARTS) is 1. The summed E-state index contributed by atoms with van der Waals surface area (Å²) in [4.78, 5) is 22.7. The van der Waals surface area contributed by atoms with Gasteiger partial charge in [-0.1, -0.05) is 12.1 Å². The maximum Gasteiger partial charge on any atom is 0.307 e. The molecule has 1 aliphatic rings. The van der Waals surface area contributed by atoms with Crippen LogP contribution in [0.5, 0.6) is 0 Å². The van der Waals surface area contributed by atoms with Crippen molar-refractivity contribution in [1.29, 1.82) is 0 Å². The third-order valence-corrected chi connectivity index (χ3v) is 3.04. The van der Waals surface area contributed by atoms with E-state index in [0.29, 0.717) is 24.3 Å². The van der Waals surface area contributed by atoms with Gasteiger partial charge in [0.1, 0.15) is 5.54 Å². The van der Waals surface area contributed by atoms with Crippen LogP contribution in [0, 0.1) is 0 Å². The van der Waals surface area contributed by atoms with Gasteiger partial charge in [-0.15, -0.1) is 0 Å². The SMILES string of the molecule is NC1(C(=O)Nc2cccc(CC(=O)O)c2)CCOC1. The number of carbonyl (C=O) groups is 2. The number of anilines is 1.